The fraction of sp³-hybridized carbons (Fsp3) is 0.818. The summed E-state index contributed by atoms with van der Waals surface area (Å²) in [6, 6.07) is 0. The van der Waals surface area contributed by atoms with Crippen LogP contribution in [0.3, 0.4) is 0 Å². The number of hydrogen-bond acceptors (Lipinski definition) is 0. The zero-order chi connectivity index (χ0) is 8.91. The third-order valence-electron chi connectivity index (χ3n) is 2.16. The molecule has 0 aromatic heterocycles. The topological polar surface area (TPSA) is 0 Å². The van der Waals surface area contributed by atoms with Crippen LogP contribution >= 0.6 is 0 Å². The van der Waals surface area contributed by atoms with Gasteiger partial charge in [-0.25, -0.2) is 0 Å². The molecule has 11 heavy (non-hydrogen) atoms. The lowest BCUT2D eigenvalue weighted by atomic mass is 9.86. The summed E-state index contributed by atoms with van der Waals surface area (Å²) >= 11 is 0. The summed E-state index contributed by atoms with van der Waals surface area (Å²) in [4.78, 5) is 0. The minimum Gasteiger partial charge on any atom is -0.103 e. The normalized spacial score (nSPS) is 12.1. The molecule has 0 aliphatic heterocycles. The lowest BCUT2D eigenvalue weighted by Crippen LogP contribution is -2.06. The number of hydrogen-bond donors (Lipinski definition) is 0. The molecule has 0 heteroatoms. The maximum atomic E-state index is 3.83. The van der Waals surface area contributed by atoms with Crippen molar-refractivity contribution in [2.45, 2.75) is 47.0 Å². The smallest absolute Gasteiger partial charge is 0.0178 e. The molecule has 0 aliphatic rings. The Bertz CT molecular complexity index is 109. The van der Waals surface area contributed by atoms with Crippen LogP contribution in [-0.4, -0.2) is 0 Å². The van der Waals surface area contributed by atoms with Gasteiger partial charge in [-0.15, -0.1) is 6.58 Å². The largest absolute Gasteiger partial charge is 0.103 e. The predicted octanol–water partition coefficient (Wildman–Crippen LogP) is 4.02. The van der Waals surface area contributed by atoms with Crippen LogP contribution in [-0.2, 0) is 0 Å². The molecule has 0 radical (unpaired) electrons. The van der Waals surface area contributed by atoms with Crippen molar-refractivity contribution >= 4 is 0 Å². The van der Waals surface area contributed by atoms with E-state index in [0.717, 1.165) is 5.92 Å². The second-order valence-corrected chi connectivity index (χ2v) is 4.48. The first-order valence-electron chi connectivity index (χ1n) is 4.61. The molecule has 0 aliphatic carbocycles. The minimum atomic E-state index is 0.342. The average Bonchev–Trinajstić information content (AvgIpc) is 1.87. The lowest BCUT2D eigenvalue weighted by molar-refractivity contribution is 0.394. The number of rotatable bonds is 5. The maximum Gasteiger partial charge on any atom is -0.0178 e. The summed E-state index contributed by atoms with van der Waals surface area (Å²) in [5.41, 5.74) is 0.342. The Morgan fingerprint density at radius 1 is 1.36 bits per heavy atom. The van der Waals surface area contributed by atoms with Gasteiger partial charge < -0.3 is 0 Å². The molecule has 0 saturated heterocycles. The van der Waals surface area contributed by atoms with Gasteiger partial charge in [0.1, 0.15) is 0 Å². The van der Waals surface area contributed by atoms with Crippen molar-refractivity contribution in [1.29, 1.82) is 0 Å². The molecule has 0 rings (SSSR count). The van der Waals surface area contributed by atoms with E-state index < -0.39 is 0 Å². The highest BCUT2D eigenvalue weighted by Gasteiger charge is 2.11. The van der Waals surface area contributed by atoms with Gasteiger partial charge in [-0.05, 0) is 17.8 Å². The van der Waals surface area contributed by atoms with E-state index in [1.807, 2.05) is 0 Å². The molecule has 0 nitrogen and oxygen atoms in total. The summed E-state index contributed by atoms with van der Waals surface area (Å²) in [5.74, 6) is 0.843. The van der Waals surface area contributed by atoms with Crippen molar-refractivity contribution in [3.8, 4) is 0 Å². The number of allylic oxidation sites excluding steroid dienone is 1. The van der Waals surface area contributed by atoms with Crippen LogP contribution in [0, 0.1) is 11.3 Å². The van der Waals surface area contributed by atoms with Crippen LogP contribution in [0.1, 0.15) is 47.0 Å². The van der Waals surface area contributed by atoms with Crippen LogP contribution in [0.4, 0.5) is 0 Å². The molecule has 0 aromatic carbocycles. The van der Waals surface area contributed by atoms with Gasteiger partial charge in [0.05, 0.1) is 0 Å². The standard InChI is InChI=1S/C11H22/c1-6-11(4,5)9-7-8-10(2)3/h6,10H,1,7-9H2,2-5H3. The zero-order valence-electron chi connectivity index (χ0n) is 8.48. The van der Waals surface area contributed by atoms with Crippen molar-refractivity contribution in [2.75, 3.05) is 0 Å². The molecule has 0 heterocycles. The summed E-state index contributed by atoms with van der Waals surface area (Å²) < 4.78 is 0. The molecule has 0 unspecified atom stereocenters. The first-order chi connectivity index (χ1) is 4.98. The van der Waals surface area contributed by atoms with Gasteiger partial charge in [0.2, 0.25) is 0 Å². The summed E-state index contributed by atoms with van der Waals surface area (Å²) in [7, 11) is 0. The van der Waals surface area contributed by atoms with Crippen molar-refractivity contribution in [3.05, 3.63) is 12.7 Å². The molecule has 0 amide bonds. The second kappa shape index (κ2) is 4.58. The Kier molecular flexibility index (Phi) is 4.48. The molecular formula is C11H22. The van der Waals surface area contributed by atoms with Crippen LogP contribution in [0.2, 0.25) is 0 Å². The molecule has 0 spiro atoms. The fourth-order valence-corrected chi connectivity index (χ4v) is 1.07. The molecule has 0 N–H and O–H groups in total. The fourth-order valence-electron chi connectivity index (χ4n) is 1.07. The van der Waals surface area contributed by atoms with Crippen molar-refractivity contribution in [2.24, 2.45) is 11.3 Å². The van der Waals surface area contributed by atoms with Gasteiger partial charge in [-0.3, -0.25) is 0 Å². The van der Waals surface area contributed by atoms with Crippen LogP contribution in [0.5, 0.6) is 0 Å². The van der Waals surface area contributed by atoms with E-state index in [-0.39, 0.29) is 0 Å². The Morgan fingerprint density at radius 2 is 1.91 bits per heavy atom. The first kappa shape index (κ1) is 10.7. The van der Waals surface area contributed by atoms with Gasteiger partial charge in [0, 0.05) is 0 Å². The van der Waals surface area contributed by atoms with Crippen molar-refractivity contribution in [1.82, 2.24) is 0 Å². The highest BCUT2D eigenvalue weighted by atomic mass is 14.2. The van der Waals surface area contributed by atoms with E-state index in [1.165, 1.54) is 19.3 Å². The quantitative estimate of drug-likeness (QED) is 0.524. The highest BCUT2D eigenvalue weighted by molar-refractivity contribution is 4.87. The SMILES string of the molecule is C=CC(C)(C)CCCC(C)C. The maximum absolute atomic E-state index is 3.83. The molecule has 0 fully saturated rings. The van der Waals surface area contributed by atoms with Crippen molar-refractivity contribution < 1.29 is 0 Å². The van der Waals surface area contributed by atoms with Crippen molar-refractivity contribution in [3.63, 3.8) is 0 Å². The molecule has 0 atom stereocenters. The Hall–Kier alpha value is -0.260. The van der Waals surface area contributed by atoms with E-state index in [2.05, 4.69) is 40.3 Å². The van der Waals surface area contributed by atoms with Gasteiger partial charge in [0.15, 0.2) is 0 Å². The van der Waals surface area contributed by atoms with Crippen LogP contribution in [0.15, 0.2) is 12.7 Å². The summed E-state index contributed by atoms with van der Waals surface area (Å²) in [6.45, 7) is 12.9. The summed E-state index contributed by atoms with van der Waals surface area (Å²) in [6.07, 6.45) is 6.01. The molecule has 0 saturated carbocycles. The monoisotopic (exact) mass is 154 g/mol. The molecule has 0 bridgehead atoms. The van der Waals surface area contributed by atoms with Gasteiger partial charge >= 0.3 is 0 Å². The van der Waals surface area contributed by atoms with Gasteiger partial charge in [-0.2, -0.15) is 0 Å². The Morgan fingerprint density at radius 3 is 2.27 bits per heavy atom. The third-order valence-corrected chi connectivity index (χ3v) is 2.16. The van der Waals surface area contributed by atoms with Gasteiger partial charge in [0.25, 0.3) is 0 Å². The third kappa shape index (κ3) is 6.15. The molecular weight excluding hydrogens is 132 g/mol. The molecule has 66 valence electrons. The van der Waals surface area contributed by atoms with E-state index >= 15 is 0 Å². The van der Waals surface area contributed by atoms with E-state index in [9.17, 15) is 0 Å². The van der Waals surface area contributed by atoms with Crippen LogP contribution < -0.4 is 0 Å². The zero-order valence-corrected chi connectivity index (χ0v) is 8.48. The predicted molar refractivity (Wildman–Crippen MR) is 52.7 cm³/mol. The van der Waals surface area contributed by atoms with E-state index in [0.29, 0.717) is 5.41 Å². The van der Waals surface area contributed by atoms with Gasteiger partial charge in [-0.1, -0.05) is 46.6 Å². The van der Waals surface area contributed by atoms with E-state index in [1.54, 1.807) is 0 Å². The van der Waals surface area contributed by atoms with E-state index in [4.69, 9.17) is 0 Å². The Labute approximate surface area is 71.7 Å². The minimum absolute atomic E-state index is 0.342. The summed E-state index contributed by atoms with van der Waals surface area (Å²) in [5, 5.41) is 0. The molecule has 0 aromatic rings. The first-order valence-corrected chi connectivity index (χ1v) is 4.61. The Balaban J connectivity index is 3.45. The second-order valence-electron chi connectivity index (χ2n) is 4.48. The lowest BCUT2D eigenvalue weighted by Gasteiger charge is -2.19. The van der Waals surface area contributed by atoms with Crippen LogP contribution in [0.25, 0.3) is 0 Å². The average molecular weight is 154 g/mol. The highest BCUT2D eigenvalue weighted by Crippen LogP contribution is 2.24.